The Hall–Kier alpha value is -0.930. The molecule has 2 aliphatic carbocycles. The Morgan fingerprint density at radius 2 is 2.00 bits per heavy atom. The molecule has 3 rings (SSSR count). The summed E-state index contributed by atoms with van der Waals surface area (Å²) in [6.07, 6.45) is 6.82. The first-order valence-electron chi connectivity index (χ1n) is 8.95. The molecule has 0 bridgehead atoms. The normalized spacial score (nSPS) is 44.1. The van der Waals surface area contributed by atoms with E-state index >= 15 is 0 Å². The van der Waals surface area contributed by atoms with E-state index in [1.54, 1.807) is 0 Å². The number of rotatable bonds is 1. The molecule has 0 aromatic carbocycles. The molecule has 1 N–H and O–H groups in total. The standard InChI is InChI=1S/C20H30O3/c1-12(2)15-9-17(22)19(4)11-18-20(5,23-18)10-14(21)8-13(3)6-7-16(15)19/h8-9,12,14,16,18,21H,6-7,10-11H2,1-5H3/t14-,16-,18+,19+,20-/m0/s1. The van der Waals surface area contributed by atoms with Crippen LogP contribution in [0.25, 0.3) is 0 Å². The molecule has 1 fully saturated rings. The van der Waals surface area contributed by atoms with E-state index in [4.69, 9.17) is 4.74 Å². The van der Waals surface area contributed by atoms with Crippen LogP contribution >= 0.6 is 0 Å². The Labute approximate surface area is 139 Å². The second kappa shape index (κ2) is 5.56. The molecular weight excluding hydrogens is 288 g/mol. The van der Waals surface area contributed by atoms with Crippen LogP contribution in [0, 0.1) is 17.3 Å². The summed E-state index contributed by atoms with van der Waals surface area (Å²) >= 11 is 0. The maximum Gasteiger partial charge on any atom is 0.162 e. The fourth-order valence-electron chi connectivity index (χ4n) is 4.62. The van der Waals surface area contributed by atoms with E-state index in [-0.39, 0.29) is 22.9 Å². The molecule has 3 heteroatoms. The van der Waals surface area contributed by atoms with E-state index in [0.29, 0.717) is 18.3 Å². The van der Waals surface area contributed by atoms with Gasteiger partial charge in [0, 0.05) is 11.8 Å². The predicted octanol–water partition coefficient (Wildman–Crippen LogP) is 3.81. The minimum Gasteiger partial charge on any atom is -0.389 e. The molecule has 0 aromatic rings. The fourth-order valence-corrected chi connectivity index (χ4v) is 4.62. The highest BCUT2D eigenvalue weighted by Crippen LogP contribution is 2.54. The third-order valence-electron chi connectivity index (χ3n) is 6.26. The van der Waals surface area contributed by atoms with Gasteiger partial charge in [0.25, 0.3) is 0 Å². The average molecular weight is 318 g/mol. The van der Waals surface area contributed by atoms with E-state index < -0.39 is 6.10 Å². The van der Waals surface area contributed by atoms with Gasteiger partial charge >= 0.3 is 0 Å². The zero-order valence-corrected chi connectivity index (χ0v) is 15.1. The zero-order valence-electron chi connectivity index (χ0n) is 15.1. The van der Waals surface area contributed by atoms with Gasteiger partial charge in [0.05, 0.1) is 17.8 Å². The molecule has 1 saturated heterocycles. The largest absolute Gasteiger partial charge is 0.389 e. The van der Waals surface area contributed by atoms with E-state index in [1.807, 2.05) is 12.2 Å². The van der Waals surface area contributed by atoms with Gasteiger partial charge in [0.15, 0.2) is 5.78 Å². The van der Waals surface area contributed by atoms with Crippen LogP contribution in [0.15, 0.2) is 23.3 Å². The van der Waals surface area contributed by atoms with Crippen molar-refractivity contribution in [3.8, 4) is 0 Å². The van der Waals surface area contributed by atoms with Crippen LogP contribution in [-0.2, 0) is 9.53 Å². The first-order valence-corrected chi connectivity index (χ1v) is 8.95. The average Bonchev–Trinajstić information content (AvgIpc) is 2.95. The van der Waals surface area contributed by atoms with Crippen molar-refractivity contribution in [3.05, 3.63) is 23.3 Å². The Morgan fingerprint density at radius 1 is 1.30 bits per heavy atom. The number of hydrogen-bond donors (Lipinski definition) is 1. The van der Waals surface area contributed by atoms with Gasteiger partial charge in [-0.15, -0.1) is 0 Å². The molecule has 0 amide bonds. The summed E-state index contributed by atoms with van der Waals surface area (Å²) in [5.74, 6) is 0.963. The van der Waals surface area contributed by atoms with Gasteiger partial charge in [0.2, 0.25) is 0 Å². The minimum atomic E-state index is -0.452. The van der Waals surface area contributed by atoms with Crippen LogP contribution in [0.5, 0.6) is 0 Å². The lowest BCUT2D eigenvalue weighted by Gasteiger charge is -2.33. The topological polar surface area (TPSA) is 49.8 Å². The van der Waals surface area contributed by atoms with Crippen molar-refractivity contribution in [2.24, 2.45) is 17.3 Å². The summed E-state index contributed by atoms with van der Waals surface area (Å²) in [7, 11) is 0. The summed E-state index contributed by atoms with van der Waals surface area (Å²) in [6, 6.07) is 0. The maximum absolute atomic E-state index is 12.8. The van der Waals surface area contributed by atoms with Gasteiger partial charge in [-0.05, 0) is 51.0 Å². The van der Waals surface area contributed by atoms with Gasteiger partial charge in [-0.2, -0.15) is 0 Å². The Kier molecular flexibility index (Phi) is 4.09. The molecule has 1 aliphatic heterocycles. The molecule has 3 aliphatic rings. The smallest absolute Gasteiger partial charge is 0.162 e. The molecule has 1 heterocycles. The number of carbonyl (C=O) groups excluding carboxylic acids is 1. The van der Waals surface area contributed by atoms with Gasteiger partial charge in [-0.25, -0.2) is 0 Å². The fraction of sp³-hybridized carbons (Fsp3) is 0.750. The SMILES string of the molecule is CC1=C[C@H](O)C[C@]2(C)O[C@@H]2C[C@@]2(C)C(=O)C=C(C(C)C)[C@@H]2CC1. The van der Waals surface area contributed by atoms with Crippen LogP contribution < -0.4 is 0 Å². The Balaban J connectivity index is 1.94. The number of epoxide rings is 1. The Morgan fingerprint density at radius 3 is 2.65 bits per heavy atom. The number of hydrogen-bond acceptors (Lipinski definition) is 3. The molecule has 128 valence electrons. The van der Waals surface area contributed by atoms with Crippen molar-refractivity contribution in [2.75, 3.05) is 0 Å². The lowest BCUT2D eigenvalue weighted by molar-refractivity contribution is -0.124. The van der Waals surface area contributed by atoms with Crippen LogP contribution in [0.4, 0.5) is 0 Å². The molecule has 0 radical (unpaired) electrons. The van der Waals surface area contributed by atoms with Crippen molar-refractivity contribution >= 4 is 5.78 Å². The van der Waals surface area contributed by atoms with Crippen molar-refractivity contribution in [2.45, 2.75) is 78.1 Å². The number of aliphatic hydroxyl groups excluding tert-OH is 1. The van der Waals surface area contributed by atoms with E-state index in [0.717, 1.165) is 19.3 Å². The highest BCUT2D eigenvalue weighted by molar-refractivity contribution is 5.98. The maximum atomic E-state index is 12.8. The van der Waals surface area contributed by atoms with Gasteiger partial charge in [-0.1, -0.05) is 38.0 Å². The van der Waals surface area contributed by atoms with Crippen LogP contribution in [0.3, 0.4) is 0 Å². The van der Waals surface area contributed by atoms with Crippen molar-refractivity contribution < 1.29 is 14.6 Å². The lowest BCUT2D eigenvalue weighted by atomic mass is 9.68. The zero-order chi connectivity index (χ0) is 17.0. The highest BCUT2D eigenvalue weighted by atomic mass is 16.6. The third-order valence-corrected chi connectivity index (χ3v) is 6.26. The molecule has 0 spiro atoms. The molecule has 23 heavy (non-hydrogen) atoms. The summed E-state index contributed by atoms with van der Waals surface area (Å²) in [4.78, 5) is 12.8. The second-order valence-corrected chi connectivity index (χ2v) is 8.58. The minimum absolute atomic E-state index is 0.0836. The third kappa shape index (κ3) is 2.94. The van der Waals surface area contributed by atoms with Gasteiger partial charge in [-0.3, -0.25) is 4.79 Å². The Bertz CT molecular complexity index is 573. The lowest BCUT2D eigenvalue weighted by Crippen LogP contribution is -2.34. The van der Waals surface area contributed by atoms with Gasteiger partial charge in [0.1, 0.15) is 0 Å². The van der Waals surface area contributed by atoms with Crippen LogP contribution in [0.1, 0.15) is 60.3 Å². The number of ketones is 1. The van der Waals surface area contributed by atoms with Crippen molar-refractivity contribution in [1.82, 2.24) is 0 Å². The number of aliphatic hydroxyl groups is 1. The molecule has 0 saturated carbocycles. The number of ether oxygens (including phenoxy) is 1. The molecular formula is C20H30O3. The molecule has 3 nitrogen and oxygen atoms in total. The van der Waals surface area contributed by atoms with Crippen LogP contribution in [-0.4, -0.2) is 28.7 Å². The van der Waals surface area contributed by atoms with E-state index in [1.165, 1.54) is 11.1 Å². The molecule has 5 atom stereocenters. The summed E-state index contributed by atoms with van der Waals surface area (Å²) < 4.78 is 5.94. The first-order chi connectivity index (χ1) is 10.7. The number of allylic oxidation sites excluding steroid dienone is 3. The highest BCUT2D eigenvalue weighted by Gasteiger charge is 2.58. The monoisotopic (exact) mass is 318 g/mol. The molecule has 0 aromatic heterocycles. The summed E-state index contributed by atoms with van der Waals surface area (Å²) in [5.41, 5.74) is 1.88. The summed E-state index contributed by atoms with van der Waals surface area (Å²) in [5, 5.41) is 10.3. The molecule has 0 unspecified atom stereocenters. The number of carbonyl (C=O) groups is 1. The number of fused-ring (bicyclic) bond motifs is 2. The van der Waals surface area contributed by atoms with E-state index in [2.05, 4.69) is 34.6 Å². The second-order valence-electron chi connectivity index (χ2n) is 8.58. The summed E-state index contributed by atoms with van der Waals surface area (Å²) in [6.45, 7) is 10.6. The van der Waals surface area contributed by atoms with Crippen molar-refractivity contribution in [1.29, 1.82) is 0 Å². The van der Waals surface area contributed by atoms with E-state index in [9.17, 15) is 9.90 Å². The predicted molar refractivity (Wildman–Crippen MR) is 91.0 cm³/mol. The first kappa shape index (κ1) is 16.9. The van der Waals surface area contributed by atoms with Crippen molar-refractivity contribution in [3.63, 3.8) is 0 Å². The van der Waals surface area contributed by atoms with Crippen LogP contribution in [0.2, 0.25) is 0 Å². The van der Waals surface area contributed by atoms with Gasteiger partial charge < -0.3 is 9.84 Å². The quantitative estimate of drug-likeness (QED) is 0.591.